The molecule has 0 aliphatic carbocycles. The van der Waals surface area contributed by atoms with Crippen LogP contribution < -0.4 is 10.6 Å². The Morgan fingerprint density at radius 1 is 0.964 bits per heavy atom. The van der Waals surface area contributed by atoms with Crippen LogP contribution in [0.15, 0.2) is 48.5 Å². The van der Waals surface area contributed by atoms with Crippen LogP contribution in [0.4, 0.5) is 23.0 Å². The molecule has 3 aromatic rings. The fourth-order valence-corrected chi connectivity index (χ4v) is 3.08. The Kier molecular flexibility index (Phi) is 5.59. The van der Waals surface area contributed by atoms with Crippen LogP contribution in [0.1, 0.15) is 47.1 Å². The van der Waals surface area contributed by atoms with E-state index in [0.717, 1.165) is 11.3 Å². The van der Waals surface area contributed by atoms with Gasteiger partial charge in [0.1, 0.15) is 17.5 Å². The van der Waals surface area contributed by atoms with Crippen molar-refractivity contribution >= 4 is 29.0 Å². The number of rotatable bonds is 6. The molecule has 0 saturated carbocycles. The van der Waals surface area contributed by atoms with E-state index in [-0.39, 0.29) is 5.56 Å². The average molecular weight is 376 g/mol. The molecule has 28 heavy (non-hydrogen) atoms. The summed E-state index contributed by atoms with van der Waals surface area (Å²) in [6, 6.07) is 14.7. The summed E-state index contributed by atoms with van der Waals surface area (Å²) < 4.78 is 0. The van der Waals surface area contributed by atoms with E-state index in [2.05, 4.69) is 59.6 Å². The molecule has 6 nitrogen and oxygen atoms in total. The Morgan fingerprint density at radius 3 is 2.32 bits per heavy atom. The van der Waals surface area contributed by atoms with E-state index in [1.807, 2.05) is 0 Å². The molecule has 1 heterocycles. The molecule has 144 valence electrons. The zero-order valence-electron chi connectivity index (χ0n) is 16.4. The Hall–Kier alpha value is -3.41. The molecular weight excluding hydrogens is 352 g/mol. The SMILES string of the molecule is Cc1nc(Nc2ccccc2C(=O)O)cc(Nc2c(C)cccc2C(C)C)n1. The van der Waals surface area contributed by atoms with Crippen LogP contribution in [0.2, 0.25) is 0 Å². The largest absolute Gasteiger partial charge is 0.478 e. The maximum Gasteiger partial charge on any atom is 0.337 e. The minimum Gasteiger partial charge on any atom is -0.478 e. The summed E-state index contributed by atoms with van der Waals surface area (Å²) in [5.41, 5.74) is 4.05. The predicted octanol–water partition coefficient (Wildman–Crippen LogP) is 5.40. The molecule has 1 aromatic heterocycles. The van der Waals surface area contributed by atoms with E-state index in [9.17, 15) is 9.90 Å². The third-order valence-corrected chi connectivity index (χ3v) is 4.44. The third-order valence-electron chi connectivity index (χ3n) is 4.44. The number of carboxylic acid groups (broad SMARTS) is 1. The summed E-state index contributed by atoms with van der Waals surface area (Å²) >= 11 is 0. The lowest BCUT2D eigenvalue weighted by atomic mass is 9.98. The van der Waals surface area contributed by atoms with E-state index < -0.39 is 5.97 Å². The molecule has 0 amide bonds. The fraction of sp³-hybridized carbons (Fsp3) is 0.227. The van der Waals surface area contributed by atoms with Crippen molar-refractivity contribution < 1.29 is 9.90 Å². The third kappa shape index (κ3) is 4.28. The molecule has 0 saturated heterocycles. The normalized spacial score (nSPS) is 10.8. The van der Waals surface area contributed by atoms with Crippen molar-refractivity contribution in [2.45, 2.75) is 33.6 Å². The second kappa shape index (κ2) is 8.08. The van der Waals surface area contributed by atoms with Crippen LogP contribution in [0, 0.1) is 13.8 Å². The van der Waals surface area contributed by atoms with Gasteiger partial charge in [-0.05, 0) is 43.0 Å². The number of hydrogen-bond donors (Lipinski definition) is 3. The average Bonchev–Trinajstić information content (AvgIpc) is 2.63. The van der Waals surface area contributed by atoms with Gasteiger partial charge in [-0.3, -0.25) is 0 Å². The molecule has 0 bridgehead atoms. The smallest absolute Gasteiger partial charge is 0.337 e. The Bertz CT molecular complexity index is 1020. The van der Waals surface area contributed by atoms with Crippen molar-refractivity contribution in [1.29, 1.82) is 0 Å². The number of carbonyl (C=O) groups is 1. The minimum absolute atomic E-state index is 0.189. The summed E-state index contributed by atoms with van der Waals surface area (Å²) in [6.45, 7) is 8.17. The van der Waals surface area contributed by atoms with Gasteiger partial charge in [0, 0.05) is 11.8 Å². The van der Waals surface area contributed by atoms with Crippen molar-refractivity contribution in [3.05, 3.63) is 71.0 Å². The molecule has 0 unspecified atom stereocenters. The second-order valence-electron chi connectivity index (χ2n) is 6.98. The Labute approximate surface area is 164 Å². The van der Waals surface area contributed by atoms with Crippen molar-refractivity contribution in [3.63, 3.8) is 0 Å². The highest BCUT2D eigenvalue weighted by molar-refractivity contribution is 5.95. The van der Waals surface area contributed by atoms with Crippen LogP contribution in [-0.2, 0) is 0 Å². The van der Waals surface area contributed by atoms with Crippen LogP contribution in [0.5, 0.6) is 0 Å². The van der Waals surface area contributed by atoms with Crippen LogP contribution >= 0.6 is 0 Å². The second-order valence-corrected chi connectivity index (χ2v) is 6.98. The van der Waals surface area contributed by atoms with E-state index in [4.69, 9.17) is 0 Å². The molecule has 0 spiro atoms. The first-order valence-electron chi connectivity index (χ1n) is 9.16. The topological polar surface area (TPSA) is 87.1 Å². The van der Waals surface area contributed by atoms with Crippen molar-refractivity contribution in [3.8, 4) is 0 Å². The molecule has 2 aromatic carbocycles. The van der Waals surface area contributed by atoms with Gasteiger partial charge in [0.25, 0.3) is 0 Å². The Balaban J connectivity index is 1.95. The van der Waals surface area contributed by atoms with Gasteiger partial charge in [-0.2, -0.15) is 0 Å². The van der Waals surface area contributed by atoms with E-state index in [0.29, 0.717) is 29.1 Å². The Morgan fingerprint density at radius 2 is 1.64 bits per heavy atom. The summed E-state index contributed by atoms with van der Waals surface area (Å²) in [6.07, 6.45) is 0. The van der Waals surface area contributed by atoms with Gasteiger partial charge in [-0.25, -0.2) is 14.8 Å². The van der Waals surface area contributed by atoms with E-state index >= 15 is 0 Å². The van der Waals surface area contributed by atoms with Crippen molar-refractivity contribution in [2.24, 2.45) is 0 Å². The van der Waals surface area contributed by atoms with Gasteiger partial charge < -0.3 is 15.7 Å². The van der Waals surface area contributed by atoms with Gasteiger partial charge in [-0.15, -0.1) is 0 Å². The highest BCUT2D eigenvalue weighted by Crippen LogP contribution is 2.30. The minimum atomic E-state index is -0.992. The zero-order valence-corrected chi connectivity index (χ0v) is 16.4. The van der Waals surface area contributed by atoms with Gasteiger partial charge in [0.15, 0.2) is 0 Å². The molecule has 0 aliphatic heterocycles. The maximum atomic E-state index is 11.4. The van der Waals surface area contributed by atoms with Crippen LogP contribution in [-0.4, -0.2) is 21.0 Å². The molecule has 0 atom stereocenters. The number of aryl methyl sites for hydroxylation is 2. The van der Waals surface area contributed by atoms with E-state index in [1.165, 1.54) is 5.56 Å². The highest BCUT2D eigenvalue weighted by atomic mass is 16.4. The predicted molar refractivity (Wildman–Crippen MR) is 112 cm³/mol. The number of para-hydroxylation sites is 2. The number of carboxylic acids is 1. The lowest BCUT2D eigenvalue weighted by Gasteiger charge is -2.17. The summed E-state index contributed by atoms with van der Waals surface area (Å²) in [5.74, 6) is 1.14. The maximum absolute atomic E-state index is 11.4. The standard InChI is InChI=1S/C22H24N4O2/c1-13(2)16-10-7-8-14(3)21(16)26-20-12-19(23-15(4)24-20)25-18-11-6-5-9-17(18)22(27)28/h5-13H,1-4H3,(H,27,28)(H2,23,24,25,26). The van der Waals surface area contributed by atoms with E-state index in [1.54, 1.807) is 37.3 Å². The van der Waals surface area contributed by atoms with Crippen LogP contribution in [0.25, 0.3) is 0 Å². The number of benzene rings is 2. The summed E-state index contributed by atoms with van der Waals surface area (Å²) in [7, 11) is 0. The molecule has 3 rings (SSSR count). The van der Waals surface area contributed by atoms with Crippen molar-refractivity contribution in [2.75, 3.05) is 10.6 Å². The lowest BCUT2D eigenvalue weighted by Crippen LogP contribution is -2.06. The molecule has 0 fully saturated rings. The number of hydrogen-bond acceptors (Lipinski definition) is 5. The first kappa shape index (κ1) is 19.4. The molecule has 3 N–H and O–H groups in total. The molecular formula is C22H24N4O2. The molecule has 0 aliphatic rings. The number of aromatic carboxylic acids is 1. The fourth-order valence-electron chi connectivity index (χ4n) is 3.08. The molecule has 6 heteroatoms. The summed E-state index contributed by atoms with van der Waals surface area (Å²) in [4.78, 5) is 20.3. The van der Waals surface area contributed by atoms with Crippen LogP contribution in [0.3, 0.4) is 0 Å². The first-order chi connectivity index (χ1) is 13.3. The van der Waals surface area contributed by atoms with Gasteiger partial charge in [-0.1, -0.05) is 44.2 Å². The highest BCUT2D eigenvalue weighted by Gasteiger charge is 2.13. The van der Waals surface area contributed by atoms with Gasteiger partial charge >= 0.3 is 5.97 Å². The number of aromatic nitrogens is 2. The quantitative estimate of drug-likeness (QED) is 0.534. The molecule has 0 radical (unpaired) electrons. The van der Waals surface area contributed by atoms with Crippen molar-refractivity contribution in [1.82, 2.24) is 9.97 Å². The zero-order chi connectivity index (χ0) is 20.3. The summed E-state index contributed by atoms with van der Waals surface area (Å²) in [5, 5.41) is 15.9. The number of anilines is 4. The number of nitrogens with one attached hydrogen (secondary N) is 2. The first-order valence-corrected chi connectivity index (χ1v) is 9.16. The monoisotopic (exact) mass is 376 g/mol. The van der Waals surface area contributed by atoms with Gasteiger partial charge in [0.2, 0.25) is 0 Å². The lowest BCUT2D eigenvalue weighted by molar-refractivity contribution is 0.0698. The van der Waals surface area contributed by atoms with Gasteiger partial charge in [0.05, 0.1) is 11.3 Å². The number of nitrogens with zero attached hydrogens (tertiary/aromatic N) is 2.